The molecule has 28 heavy (non-hydrogen) atoms. The highest BCUT2D eigenvalue weighted by Crippen LogP contribution is 2.19. The maximum atomic E-state index is 13.1. The van der Waals surface area contributed by atoms with Crippen LogP contribution in [0.25, 0.3) is 0 Å². The van der Waals surface area contributed by atoms with E-state index in [2.05, 4.69) is 36.5 Å². The Hall–Kier alpha value is -2.73. The lowest BCUT2D eigenvalue weighted by Crippen LogP contribution is -2.50. The molecule has 1 heterocycles. The Balaban J connectivity index is 1.46. The predicted molar refractivity (Wildman–Crippen MR) is 106 cm³/mol. The topological polar surface area (TPSA) is 58.6 Å². The van der Waals surface area contributed by atoms with Crippen molar-refractivity contribution < 1.29 is 18.7 Å². The quantitative estimate of drug-likeness (QED) is 0.799. The van der Waals surface area contributed by atoms with Crippen molar-refractivity contribution in [2.45, 2.75) is 32.3 Å². The Kier molecular flexibility index (Phi) is 6.76. The maximum Gasteiger partial charge on any atom is 0.253 e. The summed E-state index contributed by atoms with van der Waals surface area (Å²) in [6.45, 7) is 2.71. The monoisotopic (exact) mass is 384 g/mol. The van der Waals surface area contributed by atoms with Crippen molar-refractivity contribution in [2.75, 3.05) is 24.6 Å². The van der Waals surface area contributed by atoms with Gasteiger partial charge in [-0.15, -0.1) is 0 Å². The van der Waals surface area contributed by atoms with E-state index in [0.717, 1.165) is 12.0 Å². The second kappa shape index (κ2) is 9.46. The molecule has 2 aromatic rings. The number of benzene rings is 2. The predicted octanol–water partition coefficient (Wildman–Crippen LogP) is 2.87. The summed E-state index contributed by atoms with van der Waals surface area (Å²) < 4.78 is 18.6. The van der Waals surface area contributed by atoms with Gasteiger partial charge in [-0.1, -0.05) is 31.2 Å². The third-order valence-electron chi connectivity index (χ3n) is 4.87. The number of carbonyl (C=O) groups is 2. The highest BCUT2D eigenvalue weighted by atomic mass is 19.1. The molecule has 1 aliphatic rings. The van der Waals surface area contributed by atoms with Gasteiger partial charge in [-0.05, 0) is 48.2 Å². The minimum Gasteiger partial charge on any atom is -0.365 e. The molecule has 5 nitrogen and oxygen atoms in total. The van der Waals surface area contributed by atoms with E-state index in [0.29, 0.717) is 31.6 Å². The molecule has 1 saturated heterocycles. The summed E-state index contributed by atoms with van der Waals surface area (Å²) >= 11 is 0. The van der Waals surface area contributed by atoms with Gasteiger partial charge in [-0.25, -0.2) is 4.39 Å². The van der Waals surface area contributed by atoms with Crippen molar-refractivity contribution in [3.05, 3.63) is 65.5 Å². The Morgan fingerprint density at radius 3 is 2.50 bits per heavy atom. The summed E-state index contributed by atoms with van der Waals surface area (Å²) in [5.74, 6) is -0.573. The zero-order valence-corrected chi connectivity index (χ0v) is 16.0. The normalized spacial score (nSPS) is 16.9. The molecule has 0 radical (unpaired) electrons. The molecule has 2 aromatic carbocycles. The van der Waals surface area contributed by atoms with Gasteiger partial charge in [-0.2, -0.15) is 0 Å². The van der Waals surface area contributed by atoms with Gasteiger partial charge in [0.05, 0.1) is 12.6 Å². The number of carbonyl (C=O) groups excluding carboxylic acids is 2. The van der Waals surface area contributed by atoms with E-state index in [1.54, 1.807) is 17.0 Å². The number of hydrogen-bond acceptors (Lipinski definition) is 3. The third-order valence-corrected chi connectivity index (χ3v) is 4.87. The third kappa shape index (κ3) is 5.39. The van der Waals surface area contributed by atoms with Crippen LogP contribution in [0.5, 0.6) is 0 Å². The average Bonchev–Trinajstić information content (AvgIpc) is 2.72. The molecule has 148 valence electrons. The van der Waals surface area contributed by atoms with Crippen molar-refractivity contribution >= 4 is 17.5 Å². The van der Waals surface area contributed by atoms with Crippen molar-refractivity contribution in [1.82, 2.24) is 5.32 Å². The fourth-order valence-corrected chi connectivity index (χ4v) is 3.13. The van der Waals surface area contributed by atoms with Gasteiger partial charge in [0, 0.05) is 18.7 Å². The van der Waals surface area contributed by atoms with Crippen molar-refractivity contribution in [3.63, 3.8) is 0 Å². The minimum absolute atomic E-state index is 0.0478. The second-order valence-electron chi connectivity index (χ2n) is 6.89. The lowest BCUT2D eigenvalue weighted by Gasteiger charge is -2.32. The molecule has 0 bridgehead atoms. The molecule has 0 spiro atoms. The largest absolute Gasteiger partial charge is 0.365 e. The van der Waals surface area contributed by atoms with Crippen LogP contribution in [-0.2, 0) is 27.2 Å². The van der Waals surface area contributed by atoms with Crippen molar-refractivity contribution in [2.24, 2.45) is 0 Å². The average molecular weight is 384 g/mol. The number of ether oxygens (including phenoxy) is 1. The summed E-state index contributed by atoms with van der Waals surface area (Å²) in [7, 11) is 0. The number of hydrogen-bond donors (Lipinski definition) is 1. The van der Waals surface area contributed by atoms with E-state index in [-0.39, 0.29) is 30.3 Å². The smallest absolute Gasteiger partial charge is 0.253 e. The number of rotatable bonds is 7. The highest BCUT2D eigenvalue weighted by molar-refractivity contribution is 5.95. The summed E-state index contributed by atoms with van der Waals surface area (Å²) in [5.41, 5.74) is 3.04. The van der Waals surface area contributed by atoms with Crippen LogP contribution in [0, 0.1) is 5.82 Å². The van der Waals surface area contributed by atoms with Crippen LogP contribution >= 0.6 is 0 Å². The zero-order chi connectivity index (χ0) is 19.9. The van der Waals surface area contributed by atoms with Gasteiger partial charge in [0.15, 0.2) is 0 Å². The fraction of sp³-hybridized carbons (Fsp3) is 0.364. The van der Waals surface area contributed by atoms with Gasteiger partial charge in [-0.3, -0.25) is 9.59 Å². The Labute approximate surface area is 164 Å². The van der Waals surface area contributed by atoms with Crippen LogP contribution in [0.4, 0.5) is 10.1 Å². The number of morpholine rings is 1. The SMILES string of the molecule is CCc1ccc(CCC(=O)NCC2CN(c3ccc(F)cc3)C(=O)CO2)cc1. The van der Waals surface area contributed by atoms with Gasteiger partial charge in [0.2, 0.25) is 5.91 Å². The van der Waals surface area contributed by atoms with Crippen LogP contribution in [0.2, 0.25) is 0 Å². The molecular formula is C22H25FN2O3. The minimum atomic E-state index is -0.349. The van der Waals surface area contributed by atoms with Gasteiger partial charge in [0.1, 0.15) is 12.4 Å². The molecule has 1 fully saturated rings. The first-order valence-corrected chi connectivity index (χ1v) is 9.57. The van der Waals surface area contributed by atoms with E-state index in [4.69, 9.17) is 4.74 Å². The Bertz CT molecular complexity index is 806. The first-order chi connectivity index (χ1) is 13.5. The first kappa shape index (κ1) is 20.0. The fourth-order valence-electron chi connectivity index (χ4n) is 3.13. The second-order valence-corrected chi connectivity index (χ2v) is 6.89. The lowest BCUT2D eigenvalue weighted by atomic mass is 10.1. The number of anilines is 1. The van der Waals surface area contributed by atoms with E-state index in [1.165, 1.54) is 17.7 Å². The van der Waals surface area contributed by atoms with Gasteiger partial charge in [0.25, 0.3) is 5.91 Å². The van der Waals surface area contributed by atoms with E-state index >= 15 is 0 Å². The number of nitrogens with zero attached hydrogens (tertiary/aromatic N) is 1. The molecule has 0 aliphatic carbocycles. The molecular weight excluding hydrogens is 359 g/mol. The molecule has 1 atom stereocenters. The van der Waals surface area contributed by atoms with Gasteiger partial charge >= 0.3 is 0 Å². The number of amides is 2. The molecule has 1 unspecified atom stereocenters. The molecule has 3 rings (SSSR count). The van der Waals surface area contributed by atoms with Crippen LogP contribution in [0.3, 0.4) is 0 Å². The molecule has 0 saturated carbocycles. The number of aryl methyl sites for hydroxylation is 2. The van der Waals surface area contributed by atoms with Gasteiger partial charge < -0.3 is 15.0 Å². The standard InChI is InChI=1S/C22H25FN2O3/c1-2-16-3-5-17(6-4-16)7-12-21(26)24-13-20-14-25(22(27)15-28-20)19-10-8-18(23)9-11-19/h3-6,8-11,20H,2,7,12-15H2,1H3,(H,24,26). The summed E-state index contributed by atoms with van der Waals surface area (Å²) in [6, 6.07) is 14.1. The van der Waals surface area contributed by atoms with E-state index in [9.17, 15) is 14.0 Å². The van der Waals surface area contributed by atoms with Crippen LogP contribution in [-0.4, -0.2) is 37.6 Å². The molecule has 6 heteroatoms. The number of nitrogens with one attached hydrogen (secondary N) is 1. The molecule has 1 aliphatic heterocycles. The lowest BCUT2D eigenvalue weighted by molar-refractivity contribution is -0.129. The highest BCUT2D eigenvalue weighted by Gasteiger charge is 2.27. The summed E-state index contributed by atoms with van der Waals surface area (Å²) in [4.78, 5) is 25.8. The van der Waals surface area contributed by atoms with Crippen molar-refractivity contribution in [3.8, 4) is 0 Å². The van der Waals surface area contributed by atoms with Crippen molar-refractivity contribution in [1.29, 1.82) is 0 Å². The zero-order valence-electron chi connectivity index (χ0n) is 16.0. The maximum absolute atomic E-state index is 13.1. The van der Waals surface area contributed by atoms with Crippen LogP contribution in [0.15, 0.2) is 48.5 Å². The van der Waals surface area contributed by atoms with E-state index in [1.807, 2.05) is 0 Å². The Morgan fingerprint density at radius 2 is 1.82 bits per heavy atom. The molecule has 2 amide bonds. The van der Waals surface area contributed by atoms with E-state index < -0.39 is 0 Å². The van der Waals surface area contributed by atoms with Crippen LogP contribution < -0.4 is 10.2 Å². The summed E-state index contributed by atoms with van der Waals surface area (Å²) in [6.07, 6.45) is 1.79. The molecule has 1 N–H and O–H groups in total. The summed E-state index contributed by atoms with van der Waals surface area (Å²) in [5, 5.41) is 2.88. The molecule has 0 aromatic heterocycles. The number of halogens is 1. The van der Waals surface area contributed by atoms with Crippen LogP contribution in [0.1, 0.15) is 24.5 Å². The Morgan fingerprint density at radius 1 is 1.14 bits per heavy atom. The first-order valence-electron chi connectivity index (χ1n) is 9.57.